The number of nitrogens with one attached hydrogen (secondary N) is 1. The molecular formula is C26H43N3O4. The molecule has 4 atom stereocenters. The quantitative estimate of drug-likeness (QED) is 0.223. The predicted octanol–water partition coefficient (Wildman–Crippen LogP) is 2.85. The van der Waals surface area contributed by atoms with E-state index in [0.717, 1.165) is 43.7 Å². The molecule has 3 N–H and O–H groups in total. The normalized spacial score (nSPS) is 24.9. The molecule has 1 heterocycles. The number of hydrogen-bond donors (Lipinski definition) is 2. The SMILES string of the molecule is COCCCOc1cc(C[C@@H](C[C@H](N)C2(CN(C=O)C(C)C)C3NC32)C(C)C)ccc1OC. The largest absolute Gasteiger partial charge is 0.493 e. The van der Waals surface area contributed by atoms with Crippen LogP contribution in [-0.4, -0.2) is 69.5 Å². The maximum atomic E-state index is 11.6. The number of ether oxygens (including phenoxy) is 3. The number of methoxy groups -OCH3 is 2. The number of rotatable bonds is 16. The first-order valence-electron chi connectivity index (χ1n) is 12.3. The van der Waals surface area contributed by atoms with Crippen LogP contribution >= 0.6 is 0 Å². The first-order chi connectivity index (χ1) is 15.8. The fraction of sp³-hybridized carbons (Fsp3) is 0.731. The van der Waals surface area contributed by atoms with Gasteiger partial charge in [0.25, 0.3) is 0 Å². The van der Waals surface area contributed by atoms with Gasteiger partial charge in [-0.1, -0.05) is 19.9 Å². The third-order valence-corrected chi connectivity index (χ3v) is 7.55. The number of fused-ring (bicyclic) bond motifs is 1. The second-order valence-electron chi connectivity index (χ2n) is 10.3. The van der Waals surface area contributed by atoms with Crippen LogP contribution in [0.2, 0.25) is 0 Å². The van der Waals surface area contributed by atoms with Crippen molar-refractivity contribution >= 4 is 6.41 Å². The van der Waals surface area contributed by atoms with Gasteiger partial charge in [-0.2, -0.15) is 0 Å². The predicted molar refractivity (Wildman–Crippen MR) is 131 cm³/mol. The summed E-state index contributed by atoms with van der Waals surface area (Å²) in [6, 6.07) is 7.40. The van der Waals surface area contributed by atoms with Gasteiger partial charge in [-0.25, -0.2) is 0 Å². The number of benzene rings is 1. The molecule has 1 saturated heterocycles. The number of hydrogen-bond acceptors (Lipinski definition) is 6. The molecule has 1 aliphatic carbocycles. The smallest absolute Gasteiger partial charge is 0.209 e. The Bertz CT molecular complexity index is 777. The van der Waals surface area contributed by atoms with Crippen molar-refractivity contribution in [2.75, 3.05) is 34.0 Å². The third-order valence-electron chi connectivity index (χ3n) is 7.55. The van der Waals surface area contributed by atoms with Crippen LogP contribution < -0.4 is 20.5 Å². The number of carbonyl (C=O) groups excluding carboxylic acids is 1. The highest BCUT2D eigenvalue weighted by Gasteiger charge is 2.79. The Morgan fingerprint density at radius 3 is 2.39 bits per heavy atom. The zero-order valence-corrected chi connectivity index (χ0v) is 21.2. The minimum absolute atomic E-state index is 0.0217. The lowest BCUT2D eigenvalue weighted by Gasteiger charge is -2.37. The van der Waals surface area contributed by atoms with Gasteiger partial charge in [-0.15, -0.1) is 0 Å². The molecular weight excluding hydrogens is 418 g/mol. The van der Waals surface area contributed by atoms with Gasteiger partial charge in [-0.05, 0) is 56.2 Å². The van der Waals surface area contributed by atoms with Gasteiger partial charge in [0, 0.05) is 56.3 Å². The molecule has 1 amide bonds. The van der Waals surface area contributed by atoms with E-state index in [1.165, 1.54) is 5.56 Å². The highest BCUT2D eigenvalue weighted by Crippen LogP contribution is 2.61. The minimum atomic E-state index is 0.0217. The number of nitrogens with zero attached hydrogens (tertiary/aromatic N) is 1. The zero-order valence-electron chi connectivity index (χ0n) is 21.2. The van der Waals surface area contributed by atoms with Crippen molar-refractivity contribution in [3.05, 3.63) is 23.8 Å². The Hall–Kier alpha value is -1.83. The fourth-order valence-electron chi connectivity index (χ4n) is 5.03. The lowest BCUT2D eigenvalue weighted by atomic mass is 9.78. The van der Waals surface area contributed by atoms with Crippen molar-refractivity contribution in [1.82, 2.24) is 10.2 Å². The van der Waals surface area contributed by atoms with Gasteiger partial charge in [0.05, 0.1) is 13.7 Å². The number of carbonyl (C=O) groups is 1. The Morgan fingerprint density at radius 2 is 1.88 bits per heavy atom. The van der Waals surface area contributed by atoms with E-state index in [0.29, 0.717) is 37.1 Å². The van der Waals surface area contributed by atoms with Crippen molar-refractivity contribution < 1.29 is 19.0 Å². The molecule has 0 aromatic heterocycles. The monoisotopic (exact) mass is 461 g/mol. The average molecular weight is 462 g/mol. The Morgan fingerprint density at radius 1 is 1.15 bits per heavy atom. The summed E-state index contributed by atoms with van der Waals surface area (Å²) in [4.78, 5) is 13.5. The molecule has 1 saturated carbocycles. The molecule has 2 aliphatic rings. The van der Waals surface area contributed by atoms with Gasteiger partial charge in [0.2, 0.25) is 6.41 Å². The van der Waals surface area contributed by atoms with Gasteiger partial charge in [0.1, 0.15) is 0 Å². The summed E-state index contributed by atoms with van der Waals surface area (Å²) in [7, 11) is 3.36. The summed E-state index contributed by atoms with van der Waals surface area (Å²) in [6.07, 6.45) is 3.68. The van der Waals surface area contributed by atoms with E-state index in [2.05, 4.69) is 45.1 Å². The molecule has 3 rings (SSSR count). The van der Waals surface area contributed by atoms with Crippen molar-refractivity contribution in [3.63, 3.8) is 0 Å². The Labute approximate surface area is 199 Å². The molecule has 33 heavy (non-hydrogen) atoms. The fourth-order valence-corrected chi connectivity index (χ4v) is 5.03. The number of amides is 1. The average Bonchev–Trinajstić information content (AvgIpc) is 3.69. The second kappa shape index (κ2) is 11.1. The van der Waals surface area contributed by atoms with Crippen molar-refractivity contribution in [2.24, 2.45) is 23.0 Å². The van der Waals surface area contributed by atoms with Crippen molar-refractivity contribution in [1.29, 1.82) is 0 Å². The first kappa shape index (κ1) is 25.8. The zero-order chi connectivity index (χ0) is 24.2. The van der Waals surface area contributed by atoms with Crippen LogP contribution in [0.4, 0.5) is 0 Å². The standard InChI is InChI=1S/C26H43N3O4/c1-17(2)20(12-19-8-9-21(32-6)22(13-19)33-11-7-10-31-5)14-23(27)26(24-25(26)28-24)15-29(16-30)18(3)4/h8-9,13,16-18,20,23-25,28H,7,10-12,14-15,27H2,1-6H3/t20-,23-,24?,25?,26?/m0/s1. The van der Waals surface area contributed by atoms with Gasteiger partial charge < -0.3 is 30.2 Å². The lowest BCUT2D eigenvalue weighted by Crippen LogP contribution is -2.52. The summed E-state index contributed by atoms with van der Waals surface area (Å²) in [5.41, 5.74) is 8.11. The van der Waals surface area contributed by atoms with E-state index in [-0.39, 0.29) is 17.5 Å². The van der Waals surface area contributed by atoms with Crippen LogP contribution in [0.3, 0.4) is 0 Å². The van der Waals surface area contributed by atoms with E-state index < -0.39 is 0 Å². The molecule has 1 aromatic carbocycles. The van der Waals surface area contributed by atoms with Gasteiger partial charge in [-0.3, -0.25) is 4.79 Å². The third kappa shape index (κ3) is 5.81. The summed E-state index contributed by atoms with van der Waals surface area (Å²) < 4.78 is 16.6. The molecule has 1 aliphatic heterocycles. The topological polar surface area (TPSA) is 96.0 Å². The van der Waals surface area contributed by atoms with Crippen LogP contribution in [0.5, 0.6) is 11.5 Å². The lowest BCUT2D eigenvalue weighted by molar-refractivity contribution is -0.120. The van der Waals surface area contributed by atoms with Gasteiger partial charge in [0.15, 0.2) is 11.5 Å². The minimum Gasteiger partial charge on any atom is -0.493 e. The summed E-state index contributed by atoms with van der Waals surface area (Å²) >= 11 is 0. The second-order valence-corrected chi connectivity index (χ2v) is 10.3. The number of nitrogens with two attached hydrogens (primary N) is 1. The van der Waals surface area contributed by atoms with Crippen LogP contribution in [-0.2, 0) is 16.0 Å². The Kier molecular flexibility index (Phi) is 8.65. The first-order valence-corrected chi connectivity index (χ1v) is 12.3. The molecule has 1 aromatic rings. The molecule has 7 heteroatoms. The molecule has 7 nitrogen and oxygen atoms in total. The van der Waals surface area contributed by atoms with Crippen LogP contribution in [0, 0.1) is 17.3 Å². The maximum Gasteiger partial charge on any atom is 0.209 e. The summed E-state index contributed by atoms with van der Waals surface area (Å²) in [5.74, 6) is 2.46. The Balaban J connectivity index is 1.66. The van der Waals surface area contributed by atoms with E-state index in [1.54, 1.807) is 14.2 Å². The molecule has 186 valence electrons. The summed E-state index contributed by atoms with van der Waals surface area (Å²) in [5, 5.41) is 3.47. The maximum absolute atomic E-state index is 11.6. The van der Waals surface area contributed by atoms with E-state index >= 15 is 0 Å². The van der Waals surface area contributed by atoms with Crippen molar-refractivity contribution in [2.45, 2.75) is 71.1 Å². The highest BCUT2D eigenvalue weighted by molar-refractivity contribution is 5.50. The van der Waals surface area contributed by atoms with E-state index in [9.17, 15) is 4.79 Å². The van der Waals surface area contributed by atoms with Crippen LogP contribution in [0.25, 0.3) is 0 Å². The van der Waals surface area contributed by atoms with E-state index in [1.807, 2.05) is 11.0 Å². The molecule has 2 unspecified atom stereocenters. The van der Waals surface area contributed by atoms with E-state index in [4.69, 9.17) is 19.9 Å². The molecule has 0 radical (unpaired) electrons. The van der Waals surface area contributed by atoms with Crippen molar-refractivity contribution in [3.8, 4) is 11.5 Å². The van der Waals surface area contributed by atoms with Crippen LogP contribution in [0.15, 0.2) is 18.2 Å². The molecule has 0 spiro atoms. The highest BCUT2D eigenvalue weighted by atomic mass is 16.5. The molecule has 2 fully saturated rings. The van der Waals surface area contributed by atoms with Crippen LogP contribution in [0.1, 0.15) is 46.1 Å². The van der Waals surface area contributed by atoms with Gasteiger partial charge >= 0.3 is 0 Å². The summed E-state index contributed by atoms with van der Waals surface area (Å²) in [6.45, 7) is 10.7. The molecule has 0 bridgehead atoms.